The number of carbonyl (C=O) groups excluding carboxylic acids is 1. The largest absolute Gasteiger partial charge is 0.337 e. The molecular formula is C30H53ClN2O. The van der Waals surface area contributed by atoms with E-state index in [2.05, 4.69) is 45.3 Å². The van der Waals surface area contributed by atoms with Crippen LogP contribution in [-0.2, 0) is 0 Å². The van der Waals surface area contributed by atoms with Crippen molar-refractivity contribution in [2.75, 3.05) is 12.4 Å². The van der Waals surface area contributed by atoms with Crippen molar-refractivity contribution < 1.29 is 4.79 Å². The van der Waals surface area contributed by atoms with Gasteiger partial charge in [-0.25, -0.2) is 4.79 Å². The molecule has 0 bridgehead atoms. The maximum atomic E-state index is 12.2. The van der Waals surface area contributed by atoms with Crippen molar-refractivity contribution in [3.63, 3.8) is 0 Å². The molecule has 0 aromatic heterocycles. The summed E-state index contributed by atoms with van der Waals surface area (Å²) in [5.41, 5.74) is 1.07. The normalized spacial score (nSPS) is 42.4. The van der Waals surface area contributed by atoms with Gasteiger partial charge >= 0.3 is 6.03 Å². The highest BCUT2D eigenvalue weighted by molar-refractivity contribution is 6.18. The zero-order valence-corrected chi connectivity index (χ0v) is 23.6. The summed E-state index contributed by atoms with van der Waals surface area (Å²) >= 11 is 5.73. The number of fused-ring (bicyclic) bond motifs is 5. The number of amides is 2. The van der Waals surface area contributed by atoms with E-state index in [1.165, 1.54) is 70.6 Å². The molecule has 0 aromatic carbocycles. The van der Waals surface area contributed by atoms with Crippen LogP contribution in [0.3, 0.4) is 0 Å². The second-order valence-electron chi connectivity index (χ2n) is 13.7. The maximum absolute atomic E-state index is 12.2. The molecule has 2 amide bonds. The Morgan fingerprint density at radius 3 is 2.41 bits per heavy atom. The van der Waals surface area contributed by atoms with Crippen LogP contribution in [0.2, 0.25) is 0 Å². The second kappa shape index (κ2) is 10.9. The van der Waals surface area contributed by atoms with E-state index in [9.17, 15) is 4.79 Å². The van der Waals surface area contributed by atoms with E-state index in [-0.39, 0.29) is 6.03 Å². The van der Waals surface area contributed by atoms with Gasteiger partial charge in [0.1, 0.15) is 0 Å². The van der Waals surface area contributed by atoms with Crippen LogP contribution in [0.1, 0.15) is 112 Å². The van der Waals surface area contributed by atoms with Gasteiger partial charge in [-0.15, -0.1) is 11.6 Å². The first-order valence-electron chi connectivity index (χ1n) is 14.8. The summed E-state index contributed by atoms with van der Waals surface area (Å²) in [7, 11) is 0. The van der Waals surface area contributed by atoms with Crippen LogP contribution in [0.5, 0.6) is 0 Å². The Morgan fingerprint density at radius 1 is 0.941 bits per heavy atom. The van der Waals surface area contributed by atoms with Gasteiger partial charge in [-0.3, -0.25) is 0 Å². The first kappa shape index (κ1) is 26.6. The van der Waals surface area contributed by atoms with E-state index >= 15 is 0 Å². The summed E-state index contributed by atoms with van der Waals surface area (Å²) in [6, 6.07) is 0.303. The fraction of sp³-hybridized carbons (Fsp3) is 0.967. The number of hydrogen-bond donors (Lipinski definition) is 2. The zero-order chi connectivity index (χ0) is 24.5. The van der Waals surface area contributed by atoms with Crippen molar-refractivity contribution >= 4 is 17.6 Å². The lowest BCUT2D eigenvalue weighted by atomic mass is 9.44. The molecule has 0 heterocycles. The fourth-order valence-electron chi connectivity index (χ4n) is 9.81. The molecule has 2 N–H and O–H groups in total. The first-order valence-corrected chi connectivity index (χ1v) is 15.3. The standard InChI is InChI=1S/C30H53ClN2O/c1-20(2)7-6-8-21(3)25-11-12-26-24-10-9-22-19-23(33-28(34)32-18-17-31)13-15-29(22,4)27(24)14-16-30(25,26)5/h20-27H,6-19H2,1-5H3,(H2,32,33,34)/t21-,22+,23-,24+,25-,26+,27+,29+,30-/m1/s1. The minimum Gasteiger partial charge on any atom is -0.337 e. The summed E-state index contributed by atoms with van der Waals surface area (Å²) in [6.07, 6.45) is 16.5. The van der Waals surface area contributed by atoms with Gasteiger partial charge in [0.25, 0.3) is 0 Å². The van der Waals surface area contributed by atoms with E-state index in [1.807, 2.05) is 0 Å². The highest BCUT2D eigenvalue weighted by Gasteiger charge is 2.60. The third-order valence-corrected chi connectivity index (χ3v) is 11.8. The van der Waals surface area contributed by atoms with E-state index < -0.39 is 0 Å². The molecule has 4 aliphatic carbocycles. The monoisotopic (exact) mass is 492 g/mol. The van der Waals surface area contributed by atoms with Crippen LogP contribution in [0, 0.1) is 52.3 Å². The number of urea groups is 1. The SMILES string of the molecule is CC(C)CCC[C@@H](C)[C@H]1CC[C@H]2[C@@H]3CC[C@H]4C[C@H](NC(=O)NCCCl)CC[C@]4(C)[C@H]3CC[C@]12C. The minimum absolute atomic E-state index is 0.0316. The maximum Gasteiger partial charge on any atom is 0.315 e. The van der Waals surface area contributed by atoms with E-state index in [1.54, 1.807) is 0 Å². The van der Waals surface area contributed by atoms with Crippen LogP contribution in [-0.4, -0.2) is 24.5 Å². The third kappa shape index (κ3) is 5.16. The molecule has 0 unspecified atom stereocenters. The molecule has 4 aliphatic rings. The average Bonchev–Trinajstić information content (AvgIpc) is 3.15. The van der Waals surface area contributed by atoms with E-state index in [0.29, 0.717) is 29.3 Å². The van der Waals surface area contributed by atoms with Crippen molar-refractivity contribution in [3.8, 4) is 0 Å². The highest BCUT2D eigenvalue weighted by atomic mass is 35.5. The Balaban J connectivity index is 1.38. The third-order valence-electron chi connectivity index (χ3n) is 11.6. The number of alkyl halides is 1. The Bertz CT molecular complexity index is 697. The molecule has 4 fully saturated rings. The zero-order valence-electron chi connectivity index (χ0n) is 22.8. The van der Waals surface area contributed by atoms with Crippen LogP contribution in [0.4, 0.5) is 4.79 Å². The summed E-state index contributed by atoms with van der Waals surface area (Å²) in [6.45, 7) is 13.2. The Morgan fingerprint density at radius 2 is 1.68 bits per heavy atom. The smallest absolute Gasteiger partial charge is 0.315 e. The molecule has 3 nitrogen and oxygen atoms in total. The van der Waals surface area contributed by atoms with Crippen molar-refractivity contribution in [1.82, 2.24) is 10.6 Å². The van der Waals surface area contributed by atoms with Crippen molar-refractivity contribution in [2.24, 2.45) is 52.3 Å². The Hall–Kier alpha value is -0.440. The molecule has 0 spiro atoms. The molecule has 34 heavy (non-hydrogen) atoms. The lowest BCUT2D eigenvalue weighted by Gasteiger charge is -2.61. The molecule has 4 saturated carbocycles. The molecule has 4 rings (SSSR count). The predicted molar refractivity (Wildman–Crippen MR) is 144 cm³/mol. The summed E-state index contributed by atoms with van der Waals surface area (Å²) < 4.78 is 0. The second-order valence-corrected chi connectivity index (χ2v) is 14.1. The van der Waals surface area contributed by atoms with Crippen molar-refractivity contribution in [1.29, 1.82) is 0 Å². The van der Waals surface area contributed by atoms with Crippen molar-refractivity contribution in [3.05, 3.63) is 0 Å². The first-order chi connectivity index (χ1) is 16.2. The van der Waals surface area contributed by atoms with Crippen LogP contribution >= 0.6 is 11.6 Å². The lowest BCUT2D eigenvalue weighted by Crippen LogP contribution is -2.56. The summed E-state index contributed by atoms with van der Waals surface area (Å²) in [5, 5.41) is 6.14. The van der Waals surface area contributed by atoms with Crippen LogP contribution in [0.25, 0.3) is 0 Å². The van der Waals surface area contributed by atoms with E-state index in [4.69, 9.17) is 11.6 Å². The van der Waals surface area contributed by atoms with Gasteiger partial charge in [-0.1, -0.05) is 53.9 Å². The molecule has 9 atom stereocenters. The Labute approximate surface area is 215 Å². The lowest BCUT2D eigenvalue weighted by molar-refractivity contribution is -0.117. The quantitative estimate of drug-likeness (QED) is 0.331. The molecular weight excluding hydrogens is 440 g/mol. The molecule has 0 aromatic rings. The number of carbonyl (C=O) groups is 1. The molecule has 196 valence electrons. The summed E-state index contributed by atoms with van der Waals surface area (Å²) in [4.78, 5) is 12.2. The van der Waals surface area contributed by atoms with Gasteiger partial charge in [0.05, 0.1) is 0 Å². The van der Waals surface area contributed by atoms with E-state index in [0.717, 1.165) is 47.8 Å². The molecule has 4 heteroatoms. The van der Waals surface area contributed by atoms with Crippen LogP contribution < -0.4 is 10.6 Å². The van der Waals surface area contributed by atoms with Gasteiger partial charge in [0.2, 0.25) is 0 Å². The molecule has 0 saturated heterocycles. The number of nitrogens with one attached hydrogen (secondary N) is 2. The predicted octanol–water partition coefficient (Wildman–Crippen LogP) is 8.01. The van der Waals surface area contributed by atoms with Gasteiger partial charge < -0.3 is 10.6 Å². The van der Waals surface area contributed by atoms with Gasteiger partial charge in [0, 0.05) is 18.5 Å². The van der Waals surface area contributed by atoms with Gasteiger partial charge in [-0.05, 0) is 110 Å². The molecule has 0 aliphatic heterocycles. The number of hydrogen-bond acceptors (Lipinski definition) is 1. The topological polar surface area (TPSA) is 41.1 Å². The van der Waals surface area contributed by atoms with Gasteiger partial charge in [0.15, 0.2) is 0 Å². The number of rotatable bonds is 8. The Kier molecular flexibility index (Phi) is 8.53. The van der Waals surface area contributed by atoms with Gasteiger partial charge in [-0.2, -0.15) is 0 Å². The highest BCUT2D eigenvalue weighted by Crippen LogP contribution is 2.68. The van der Waals surface area contributed by atoms with Crippen molar-refractivity contribution in [2.45, 2.75) is 118 Å². The number of halogens is 1. The minimum atomic E-state index is -0.0316. The summed E-state index contributed by atoms with van der Waals surface area (Å²) in [5.74, 6) is 6.74. The fourth-order valence-corrected chi connectivity index (χ4v) is 9.91. The average molecular weight is 493 g/mol. The molecule has 0 radical (unpaired) electrons. The van der Waals surface area contributed by atoms with Crippen LogP contribution in [0.15, 0.2) is 0 Å².